The van der Waals surface area contributed by atoms with Crippen LogP contribution in [0.3, 0.4) is 0 Å². The maximum atomic E-state index is 12.5. The van der Waals surface area contributed by atoms with Crippen LogP contribution in [0.2, 0.25) is 0 Å². The molecular formula is C21H31N3O3. The van der Waals surface area contributed by atoms with Crippen molar-refractivity contribution < 1.29 is 14.7 Å². The molecule has 1 unspecified atom stereocenters. The van der Waals surface area contributed by atoms with Gasteiger partial charge < -0.3 is 20.2 Å². The van der Waals surface area contributed by atoms with Crippen LogP contribution >= 0.6 is 0 Å². The van der Waals surface area contributed by atoms with Gasteiger partial charge in [-0.3, -0.25) is 4.79 Å². The molecule has 0 aromatic heterocycles. The van der Waals surface area contributed by atoms with E-state index in [0.29, 0.717) is 13.0 Å². The van der Waals surface area contributed by atoms with Crippen molar-refractivity contribution in [2.45, 2.75) is 39.0 Å². The lowest BCUT2D eigenvalue weighted by Gasteiger charge is -2.31. The predicted molar refractivity (Wildman–Crippen MR) is 106 cm³/mol. The second-order valence-electron chi connectivity index (χ2n) is 8.03. The molecule has 2 aliphatic rings. The van der Waals surface area contributed by atoms with E-state index in [1.165, 1.54) is 31.5 Å². The van der Waals surface area contributed by atoms with E-state index in [1.54, 1.807) is 4.90 Å². The number of piperidine rings is 2. The largest absolute Gasteiger partial charge is 0.481 e. The molecule has 2 fully saturated rings. The average Bonchev–Trinajstić information content (AvgIpc) is 2.68. The average molecular weight is 373 g/mol. The Morgan fingerprint density at radius 1 is 1.19 bits per heavy atom. The maximum absolute atomic E-state index is 12.5. The molecule has 0 spiro atoms. The highest BCUT2D eigenvalue weighted by Gasteiger charge is 2.28. The predicted octanol–water partition coefficient (Wildman–Crippen LogP) is 3.29. The van der Waals surface area contributed by atoms with Crippen LogP contribution in [0.15, 0.2) is 24.3 Å². The lowest BCUT2D eigenvalue weighted by atomic mass is 9.98. The van der Waals surface area contributed by atoms with Gasteiger partial charge in [-0.2, -0.15) is 0 Å². The zero-order valence-electron chi connectivity index (χ0n) is 16.2. The van der Waals surface area contributed by atoms with Gasteiger partial charge in [-0.05, 0) is 68.8 Å². The summed E-state index contributed by atoms with van der Waals surface area (Å²) in [5.74, 6) is -0.431. The van der Waals surface area contributed by atoms with Crippen molar-refractivity contribution in [3.63, 3.8) is 0 Å². The molecular weight excluding hydrogens is 342 g/mol. The van der Waals surface area contributed by atoms with E-state index < -0.39 is 11.9 Å². The molecule has 6 heteroatoms. The number of nitrogens with zero attached hydrogens (tertiary/aromatic N) is 2. The van der Waals surface area contributed by atoms with Crippen molar-refractivity contribution in [2.75, 3.05) is 38.0 Å². The summed E-state index contributed by atoms with van der Waals surface area (Å²) in [5.41, 5.74) is 2.00. The van der Waals surface area contributed by atoms with Crippen LogP contribution < -0.4 is 5.32 Å². The smallest absolute Gasteiger partial charge is 0.321 e. The number of nitrogens with one attached hydrogen (secondary N) is 1. The molecule has 3 rings (SSSR count). The van der Waals surface area contributed by atoms with Crippen molar-refractivity contribution in [1.82, 2.24) is 9.80 Å². The molecule has 0 radical (unpaired) electrons. The van der Waals surface area contributed by atoms with Gasteiger partial charge in [0.05, 0.1) is 5.92 Å². The first-order valence-electron chi connectivity index (χ1n) is 10.1. The zero-order chi connectivity index (χ0) is 19.2. The third-order valence-electron chi connectivity index (χ3n) is 5.83. The number of carbonyl (C=O) groups is 2. The molecule has 1 aromatic carbocycles. The highest BCUT2D eigenvalue weighted by atomic mass is 16.4. The van der Waals surface area contributed by atoms with Crippen molar-refractivity contribution in [1.29, 1.82) is 0 Å². The SMILES string of the molecule is CC1CCN(CCc2cccc(NC(=O)N3CCCC(C(=O)O)C3)c2)CC1. The number of carbonyl (C=O) groups excluding carboxylic acids is 1. The quantitative estimate of drug-likeness (QED) is 0.831. The van der Waals surface area contributed by atoms with Crippen LogP contribution in [-0.4, -0.2) is 59.6 Å². The van der Waals surface area contributed by atoms with Crippen LogP contribution in [0.5, 0.6) is 0 Å². The number of hydrogen-bond acceptors (Lipinski definition) is 3. The minimum Gasteiger partial charge on any atom is -0.481 e. The van der Waals surface area contributed by atoms with Crippen LogP contribution in [0.25, 0.3) is 0 Å². The fourth-order valence-corrected chi connectivity index (χ4v) is 3.94. The van der Waals surface area contributed by atoms with Gasteiger partial charge in [-0.15, -0.1) is 0 Å². The number of aliphatic carboxylic acids is 1. The van der Waals surface area contributed by atoms with Crippen LogP contribution in [0.4, 0.5) is 10.5 Å². The molecule has 1 aromatic rings. The van der Waals surface area contributed by atoms with Gasteiger partial charge in [0.25, 0.3) is 0 Å². The van der Waals surface area contributed by atoms with Gasteiger partial charge in [0.1, 0.15) is 0 Å². The third kappa shape index (κ3) is 5.70. The van der Waals surface area contributed by atoms with E-state index in [4.69, 9.17) is 0 Å². The Balaban J connectivity index is 1.51. The Labute approximate surface area is 161 Å². The van der Waals surface area contributed by atoms with Crippen molar-refractivity contribution in [3.8, 4) is 0 Å². The van der Waals surface area contributed by atoms with Crippen LogP contribution in [0.1, 0.15) is 38.2 Å². The summed E-state index contributed by atoms with van der Waals surface area (Å²) >= 11 is 0. The van der Waals surface area contributed by atoms with Crippen LogP contribution in [0, 0.1) is 11.8 Å². The molecule has 0 aliphatic carbocycles. The lowest BCUT2D eigenvalue weighted by molar-refractivity contribution is -0.143. The summed E-state index contributed by atoms with van der Waals surface area (Å²) in [4.78, 5) is 27.8. The number of hydrogen-bond donors (Lipinski definition) is 2. The van der Waals surface area contributed by atoms with Gasteiger partial charge in [0.15, 0.2) is 0 Å². The first-order valence-corrected chi connectivity index (χ1v) is 10.1. The van der Waals surface area contributed by atoms with Gasteiger partial charge in [0.2, 0.25) is 0 Å². The van der Waals surface area contributed by atoms with E-state index >= 15 is 0 Å². The summed E-state index contributed by atoms with van der Waals surface area (Å²) in [6.45, 7) is 6.63. The standard InChI is InChI=1S/C21H31N3O3/c1-16-7-11-23(12-8-16)13-9-17-4-2-6-19(14-17)22-21(27)24-10-3-5-18(15-24)20(25)26/h2,4,6,14,16,18H,3,5,7-13,15H2,1H3,(H,22,27)(H,25,26). The minimum absolute atomic E-state index is 0.205. The number of urea groups is 1. The Bertz CT molecular complexity index is 656. The van der Waals surface area contributed by atoms with Gasteiger partial charge in [0, 0.05) is 25.3 Å². The van der Waals surface area contributed by atoms with E-state index in [-0.39, 0.29) is 12.6 Å². The number of carboxylic acid groups (broad SMARTS) is 1. The number of rotatable bonds is 5. The molecule has 2 aliphatic heterocycles. The summed E-state index contributed by atoms with van der Waals surface area (Å²) in [6.07, 6.45) is 4.91. The number of benzene rings is 1. The van der Waals surface area contributed by atoms with Crippen molar-refractivity contribution in [2.24, 2.45) is 11.8 Å². The van der Waals surface area contributed by atoms with Gasteiger partial charge >= 0.3 is 12.0 Å². The number of likely N-dealkylation sites (tertiary alicyclic amines) is 2. The Morgan fingerprint density at radius 2 is 1.96 bits per heavy atom. The van der Waals surface area contributed by atoms with Gasteiger partial charge in [-0.1, -0.05) is 19.1 Å². The topological polar surface area (TPSA) is 72.9 Å². The maximum Gasteiger partial charge on any atom is 0.321 e. The monoisotopic (exact) mass is 373 g/mol. The molecule has 0 bridgehead atoms. The highest BCUT2D eigenvalue weighted by molar-refractivity contribution is 5.89. The van der Waals surface area contributed by atoms with Crippen molar-refractivity contribution in [3.05, 3.63) is 29.8 Å². The highest BCUT2D eigenvalue weighted by Crippen LogP contribution is 2.20. The molecule has 27 heavy (non-hydrogen) atoms. The molecule has 148 valence electrons. The summed E-state index contributed by atoms with van der Waals surface area (Å²) < 4.78 is 0. The molecule has 0 saturated carbocycles. The van der Waals surface area contributed by atoms with E-state index in [1.807, 2.05) is 18.2 Å². The zero-order valence-corrected chi connectivity index (χ0v) is 16.2. The van der Waals surface area contributed by atoms with Crippen molar-refractivity contribution >= 4 is 17.7 Å². The summed E-state index contributed by atoms with van der Waals surface area (Å²) in [6, 6.07) is 7.79. The second-order valence-corrected chi connectivity index (χ2v) is 8.03. The third-order valence-corrected chi connectivity index (χ3v) is 5.83. The molecule has 2 amide bonds. The second kappa shape index (κ2) is 9.22. The number of carboxylic acids is 1. The first kappa shape index (κ1) is 19.7. The Hall–Kier alpha value is -2.08. The van der Waals surface area contributed by atoms with Gasteiger partial charge in [-0.25, -0.2) is 4.79 Å². The molecule has 2 heterocycles. The first-order chi connectivity index (χ1) is 13.0. The fraction of sp³-hybridized carbons (Fsp3) is 0.619. The van der Waals surface area contributed by atoms with E-state index in [9.17, 15) is 14.7 Å². The van der Waals surface area contributed by atoms with Crippen LogP contribution in [-0.2, 0) is 11.2 Å². The van der Waals surface area contributed by atoms with E-state index in [0.717, 1.165) is 31.0 Å². The molecule has 2 N–H and O–H groups in total. The summed E-state index contributed by atoms with van der Waals surface area (Å²) in [7, 11) is 0. The summed E-state index contributed by atoms with van der Waals surface area (Å²) in [5, 5.41) is 12.1. The Kier molecular flexibility index (Phi) is 6.72. The molecule has 1 atom stereocenters. The van der Waals surface area contributed by atoms with E-state index in [2.05, 4.69) is 23.2 Å². The fourth-order valence-electron chi connectivity index (χ4n) is 3.94. The Morgan fingerprint density at radius 3 is 2.70 bits per heavy atom. The minimum atomic E-state index is -0.818. The molecule has 6 nitrogen and oxygen atoms in total. The number of amides is 2. The molecule has 2 saturated heterocycles. The normalized spacial score (nSPS) is 21.8. The lowest BCUT2D eigenvalue weighted by Crippen LogP contribution is -2.44. The number of anilines is 1.